The second-order valence-corrected chi connectivity index (χ2v) is 7.29. The van der Waals surface area contributed by atoms with Crippen LogP contribution in [0.5, 0.6) is 0 Å². The molecule has 5 nitrogen and oxygen atoms in total. The van der Waals surface area contributed by atoms with Gasteiger partial charge in [-0.25, -0.2) is 12.9 Å². The maximum atomic E-state index is 12.6. The third kappa shape index (κ3) is 3.12. The fourth-order valence-electron chi connectivity index (χ4n) is 2.66. The third-order valence-corrected chi connectivity index (χ3v) is 5.32. The van der Waals surface area contributed by atoms with Crippen LogP contribution in [0.4, 0.5) is 5.69 Å². The molecule has 25 heavy (non-hydrogen) atoms. The zero-order valence-corrected chi connectivity index (χ0v) is 14.0. The van der Waals surface area contributed by atoms with Crippen molar-refractivity contribution < 1.29 is 8.42 Å². The van der Waals surface area contributed by atoms with Gasteiger partial charge in [0.2, 0.25) is 0 Å². The number of aromatic nitrogens is 2. The molecule has 2 heterocycles. The highest BCUT2D eigenvalue weighted by atomic mass is 32.2. The Morgan fingerprint density at radius 1 is 0.840 bits per heavy atom. The van der Waals surface area contributed by atoms with E-state index in [1.807, 2.05) is 48.5 Å². The molecule has 0 saturated heterocycles. The molecule has 124 valence electrons. The van der Waals surface area contributed by atoms with E-state index in [0.29, 0.717) is 5.69 Å². The summed E-state index contributed by atoms with van der Waals surface area (Å²) in [4.78, 5) is 0.223. The number of pyridine rings is 1. The Morgan fingerprint density at radius 3 is 2.32 bits per heavy atom. The summed E-state index contributed by atoms with van der Waals surface area (Å²) in [6, 6.07) is 21.9. The highest BCUT2D eigenvalue weighted by Crippen LogP contribution is 2.22. The van der Waals surface area contributed by atoms with Crippen molar-refractivity contribution in [2.45, 2.75) is 4.90 Å². The van der Waals surface area contributed by atoms with Gasteiger partial charge in [-0.1, -0.05) is 42.5 Å². The molecule has 0 aliphatic rings. The Bertz CT molecular complexity index is 1120. The SMILES string of the molecule is O=S(=O)(Nc1ccn2nccc2c1)c1ccc(-c2ccccc2)cc1. The van der Waals surface area contributed by atoms with E-state index in [1.54, 1.807) is 41.2 Å². The summed E-state index contributed by atoms with van der Waals surface area (Å²) < 4.78 is 29.5. The van der Waals surface area contributed by atoms with E-state index in [4.69, 9.17) is 0 Å². The number of fused-ring (bicyclic) bond motifs is 1. The van der Waals surface area contributed by atoms with Crippen molar-refractivity contribution in [1.29, 1.82) is 0 Å². The summed E-state index contributed by atoms with van der Waals surface area (Å²) in [5, 5.41) is 4.09. The molecule has 6 heteroatoms. The van der Waals surface area contributed by atoms with Gasteiger partial charge in [-0.2, -0.15) is 5.10 Å². The lowest BCUT2D eigenvalue weighted by Crippen LogP contribution is -2.13. The van der Waals surface area contributed by atoms with Gasteiger partial charge in [-0.15, -0.1) is 0 Å². The molecule has 0 spiro atoms. The summed E-state index contributed by atoms with van der Waals surface area (Å²) in [5.41, 5.74) is 3.34. The van der Waals surface area contributed by atoms with Crippen LogP contribution in [0.3, 0.4) is 0 Å². The molecule has 0 aliphatic carbocycles. The van der Waals surface area contributed by atoms with Crippen LogP contribution in [0, 0.1) is 0 Å². The van der Waals surface area contributed by atoms with Crippen molar-refractivity contribution in [2.24, 2.45) is 0 Å². The highest BCUT2D eigenvalue weighted by Gasteiger charge is 2.14. The topological polar surface area (TPSA) is 63.5 Å². The van der Waals surface area contributed by atoms with Crippen LogP contribution < -0.4 is 4.72 Å². The second-order valence-electron chi connectivity index (χ2n) is 5.61. The molecule has 0 aliphatic heterocycles. The van der Waals surface area contributed by atoms with Gasteiger partial charge in [0.25, 0.3) is 10.0 Å². The van der Waals surface area contributed by atoms with E-state index >= 15 is 0 Å². The zero-order valence-electron chi connectivity index (χ0n) is 13.2. The van der Waals surface area contributed by atoms with Crippen molar-refractivity contribution in [3.05, 3.63) is 85.2 Å². The van der Waals surface area contributed by atoms with E-state index in [2.05, 4.69) is 9.82 Å². The van der Waals surface area contributed by atoms with Gasteiger partial charge in [0, 0.05) is 12.4 Å². The largest absolute Gasteiger partial charge is 0.279 e. The van der Waals surface area contributed by atoms with Gasteiger partial charge < -0.3 is 0 Å². The number of hydrogen-bond donors (Lipinski definition) is 1. The number of benzene rings is 2. The van der Waals surface area contributed by atoms with Crippen molar-refractivity contribution in [1.82, 2.24) is 9.61 Å². The molecule has 0 amide bonds. The van der Waals surface area contributed by atoms with Crippen molar-refractivity contribution in [3.63, 3.8) is 0 Å². The lowest BCUT2D eigenvalue weighted by molar-refractivity contribution is 0.601. The number of anilines is 1. The van der Waals surface area contributed by atoms with E-state index < -0.39 is 10.0 Å². The molecule has 0 unspecified atom stereocenters. The average Bonchev–Trinajstić information content (AvgIpc) is 3.10. The lowest BCUT2D eigenvalue weighted by Gasteiger charge is -2.09. The summed E-state index contributed by atoms with van der Waals surface area (Å²) in [7, 11) is -3.64. The smallest absolute Gasteiger partial charge is 0.261 e. The molecule has 2 aromatic carbocycles. The van der Waals surface area contributed by atoms with Gasteiger partial charge in [0.05, 0.1) is 16.1 Å². The Balaban J connectivity index is 1.61. The Morgan fingerprint density at radius 2 is 1.56 bits per heavy atom. The number of nitrogens with zero attached hydrogens (tertiary/aromatic N) is 2. The van der Waals surface area contributed by atoms with E-state index in [1.165, 1.54) is 0 Å². The summed E-state index contributed by atoms with van der Waals surface area (Å²) in [6.45, 7) is 0. The molecule has 4 aromatic rings. The minimum atomic E-state index is -3.64. The van der Waals surface area contributed by atoms with Gasteiger partial charge in [-0.05, 0) is 41.5 Å². The molecule has 0 saturated carbocycles. The molecular weight excluding hydrogens is 334 g/mol. The van der Waals surface area contributed by atoms with E-state index in [-0.39, 0.29) is 4.90 Å². The van der Waals surface area contributed by atoms with Crippen molar-refractivity contribution in [3.8, 4) is 11.1 Å². The molecule has 0 fully saturated rings. The molecule has 2 aromatic heterocycles. The lowest BCUT2D eigenvalue weighted by atomic mass is 10.1. The minimum absolute atomic E-state index is 0.223. The predicted molar refractivity (Wildman–Crippen MR) is 97.9 cm³/mol. The van der Waals surface area contributed by atoms with Crippen LogP contribution in [0.25, 0.3) is 16.6 Å². The van der Waals surface area contributed by atoms with Crippen LogP contribution in [-0.2, 0) is 10.0 Å². The molecule has 0 atom stereocenters. The average molecular weight is 349 g/mol. The van der Waals surface area contributed by atoms with Gasteiger partial charge >= 0.3 is 0 Å². The number of hydrogen-bond acceptors (Lipinski definition) is 3. The normalized spacial score (nSPS) is 11.5. The van der Waals surface area contributed by atoms with Gasteiger partial charge in [0.15, 0.2) is 0 Å². The summed E-state index contributed by atoms with van der Waals surface area (Å²) in [6.07, 6.45) is 3.38. The maximum Gasteiger partial charge on any atom is 0.261 e. The number of nitrogens with one attached hydrogen (secondary N) is 1. The van der Waals surface area contributed by atoms with Gasteiger partial charge in [-0.3, -0.25) is 4.72 Å². The third-order valence-electron chi connectivity index (χ3n) is 3.92. The first-order valence-corrected chi connectivity index (χ1v) is 9.22. The Hall–Kier alpha value is -3.12. The molecule has 0 radical (unpaired) electrons. The predicted octanol–water partition coefficient (Wildman–Crippen LogP) is 3.80. The first-order chi connectivity index (χ1) is 12.1. The number of sulfonamides is 1. The first kappa shape index (κ1) is 15.4. The Kier molecular flexibility index (Phi) is 3.74. The fourth-order valence-corrected chi connectivity index (χ4v) is 3.71. The molecule has 0 bridgehead atoms. The summed E-state index contributed by atoms with van der Waals surface area (Å²) >= 11 is 0. The van der Waals surface area contributed by atoms with E-state index in [0.717, 1.165) is 16.6 Å². The quantitative estimate of drug-likeness (QED) is 0.609. The van der Waals surface area contributed by atoms with Crippen LogP contribution in [0.2, 0.25) is 0 Å². The number of rotatable bonds is 4. The second kappa shape index (κ2) is 6.07. The fraction of sp³-hybridized carbons (Fsp3) is 0. The van der Waals surface area contributed by atoms with Crippen LogP contribution >= 0.6 is 0 Å². The Labute approximate surface area is 145 Å². The molecule has 4 rings (SSSR count). The van der Waals surface area contributed by atoms with Crippen LogP contribution in [0.1, 0.15) is 0 Å². The molecule has 1 N–H and O–H groups in total. The zero-order chi connectivity index (χ0) is 17.3. The van der Waals surface area contributed by atoms with E-state index in [9.17, 15) is 8.42 Å². The van der Waals surface area contributed by atoms with Crippen molar-refractivity contribution >= 4 is 21.2 Å². The first-order valence-electron chi connectivity index (χ1n) is 7.74. The minimum Gasteiger partial charge on any atom is -0.279 e. The summed E-state index contributed by atoms with van der Waals surface area (Å²) in [5.74, 6) is 0. The molecular formula is C19H15N3O2S. The maximum absolute atomic E-state index is 12.6. The van der Waals surface area contributed by atoms with Crippen molar-refractivity contribution in [2.75, 3.05) is 4.72 Å². The van der Waals surface area contributed by atoms with Gasteiger partial charge in [0.1, 0.15) is 0 Å². The highest BCUT2D eigenvalue weighted by molar-refractivity contribution is 7.92. The van der Waals surface area contributed by atoms with Crippen LogP contribution in [-0.4, -0.2) is 18.0 Å². The monoisotopic (exact) mass is 349 g/mol. The van der Waals surface area contributed by atoms with Crippen LogP contribution in [0.15, 0.2) is 90.1 Å². The standard InChI is InChI=1S/C19H15N3O2S/c23-25(24,21-17-11-13-22-18(14-17)10-12-20-22)19-8-6-16(7-9-19)15-4-2-1-3-5-15/h1-14,21H.